The van der Waals surface area contributed by atoms with Gasteiger partial charge in [0.1, 0.15) is 6.04 Å². The molecule has 1 atom stereocenters. The van der Waals surface area contributed by atoms with Crippen molar-refractivity contribution in [1.82, 2.24) is 5.32 Å². The summed E-state index contributed by atoms with van der Waals surface area (Å²) in [6, 6.07) is -0.762. The van der Waals surface area contributed by atoms with Crippen molar-refractivity contribution in [2.75, 3.05) is 23.5 Å². The zero-order chi connectivity index (χ0) is 11.7. The molecule has 1 unspecified atom stereocenters. The molecule has 4 nitrogen and oxygen atoms in total. The first-order valence-corrected chi connectivity index (χ1v) is 7.19. The van der Waals surface area contributed by atoms with Gasteiger partial charge in [0.15, 0.2) is 0 Å². The van der Waals surface area contributed by atoms with Crippen molar-refractivity contribution < 1.29 is 14.7 Å². The molecule has 0 aliphatic rings. The number of carbonyl (C=O) groups excluding carboxylic acids is 1. The third kappa shape index (κ3) is 8.62. The van der Waals surface area contributed by atoms with Crippen molar-refractivity contribution in [3.8, 4) is 0 Å². The molecule has 88 valence electrons. The number of carboxylic acid groups (broad SMARTS) is 1. The molecule has 0 rings (SSSR count). The zero-order valence-corrected chi connectivity index (χ0v) is 10.6. The second kappa shape index (κ2) is 8.91. The van der Waals surface area contributed by atoms with Gasteiger partial charge in [-0.3, -0.25) is 4.79 Å². The predicted molar refractivity (Wildman–Crippen MR) is 65.6 cm³/mol. The first-order valence-electron chi connectivity index (χ1n) is 4.64. The molecule has 0 fully saturated rings. The molecule has 0 aliphatic heterocycles. The second-order valence-corrected chi connectivity index (χ2v) is 5.15. The summed E-state index contributed by atoms with van der Waals surface area (Å²) in [5.74, 6) is 1.19. The van der Waals surface area contributed by atoms with Crippen LogP contribution >= 0.6 is 23.5 Å². The van der Waals surface area contributed by atoms with E-state index in [0.29, 0.717) is 5.75 Å². The van der Waals surface area contributed by atoms with Gasteiger partial charge in [-0.2, -0.15) is 23.5 Å². The molecule has 0 bridgehead atoms. The van der Waals surface area contributed by atoms with E-state index in [9.17, 15) is 9.59 Å². The number of hydrogen-bond acceptors (Lipinski definition) is 4. The molecule has 0 aromatic rings. The Bertz CT molecular complexity index is 212. The molecule has 0 heterocycles. The van der Waals surface area contributed by atoms with E-state index in [1.165, 1.54) is 6.92 Å². The van der Waals surface area contributed by atoms with Crippen molar-refractivity contribution >= 4 is 35.4 Å². The van der Waals surface area contributed by atoms with Crippen LogP contribution in [0.2, 0.25) is 0 Å². The number of carbonyl (C=O) groups is 2. The molecule has 1 amide bonds. The normalized spacial score (nSPS) is 12.1. The lowest BCUT2D eigenvalue weighted by Gasteiger charge is -2.12. The summed E-state index contributed by atoms with van der Waals surface area (Å²) < 4.78 is 0. The van der Waals surface area contributed by atoms with E-state index in [1.54, 1.807) is 23.5 Å². The number of amides is 1. The first-order chi connectivity index (χ1) is 7.07. The number of thioether (sulfide) groups is 2. The maximum atomic E-state index is 10.7. The quantitative estimate of drug-likeness (QED) is 0.632. The second-order valence-electron chi connectivity index (χ2n) is 3.01. The van der Waals surface area contributed by atoms with E-state index in [-0.39, 0.29) is 5.91 Å². The Labute approximate surface area is 98.6 Å². The van der Waals surface area contributed by atoms with Crippen LogP contribution in [-0.4, -0.2) is 46.5 Å². The van der Waals surface area contributed by atoms with Crippen LogP contribution in [0.25, 0.3) is 0 Å². The van der Waals surface area contributed by atoms with Crippen molar-refractivity contribution in [1.29, 1.82) is 0 Å². The Morgan fingerprint density at radius 2 is 2.07 bits per heavy atom. The molecule has 0 spiro atoms. The Morgan fingerprint density at radius 1 is 1.40 bits per heavy atom. The molecule has 0 aliphatic carbocycles. The summed E-state index contributed by atoms with van der Waals surface area (Å²) in [5.41, 5.74) is 0. The van der Waals surface area contributed by atoms with Crippen LogP contribution in [0, 0.1) is 0 Å². The molecule has 0 aromatic carbocycles. The Hall–Kier alpha value is -0.360. The highest BCUT2D eigenvalue weighted by molar-refractivity contribution is 7.99. The minimum absolute atomic E-state index is 0.299. The molecule has 0 aromatic heterocycles. The predicted octanol–water partition coefficient (Wildman–Crippen LogP) is 1.06. The average molecular weight is 251 g/mol. The maximum absolute atomic E-state index is 10.7. The van der Waals surface area contributed by atoms with Gasteiger partial charge in [-0.25, -0.2) is 4.79 Å². The summed E-state index contributed by atoms with van der Waals surface area (Å²) in [6.07, 6.45) is 3.11. The summed E-state index contributed by atoms with van der Waals surface area (Å²) in [7, 11) is 0. The molecule has 0 radical (unpaired) electrons. The van der Waals surface area contributed by atoms with Crippen LogP contribution in [0.15, 0.2) is 0 Å². The van der Waals surface area contributed by atoms with Gasteiger partial charge in [-0.15, -0.1) is 0 Å². The number of carboxylic acids is 1. The summed E-state index contributed by atoms with van der Waals surface area (Å²) in [4.78, 5) is 21.4. The molecular weight excluding hydrogens is 234 g/mol. The molecule has 0 saturated heterocycles. The fraction of sp³-hybridized carbons (Fsp3) is 0.778. The standard InChI is InChI=1S/C9H17NO3S2/c1-7(11)10-8(9(12)13)6-15-5-3-4-14-2/h8H,3-6H2,1-2H3,(H,10,11)(H,12,13). The monoisotopic (exact) mass is 251 g/mol. The fourth-order valence-corrected chi connectivity index (χ4v) is 2.52. The lowest BCUT2D eigenvalue weighted by Crippen LogP contribution is -2.41. The largest absolute Gasteiger partial charge is 0.480 e. The highest BCUT2D eigenvalue weighted by atomic mass is 32.2. The lowest BCUT2D eigenvalue weighted by molar-refractivity contribution is -0.140. The van der Waals surface area contributed by atoms with E-state index < -0.39 is 12.0 Å². The molecule has 2 N–H and O–H groups in total. The van der Waals surface area contributed by atoms with Gasteiger partial charge in [-0.05, 0) is 24.2 Å². The van der Waals surface area contributed by atoms with Crippen molar-refractivity contribution in [3.05, 3.63) is 0 Å². The number of rotatable bonds is 8. The van der Waals surface area contributed by atoms with Gasteiger partial charge in [0.25, 0.3) is 0 Å². The van der Waals surface area contributed by atoms with Crippen LogP contribution in [0.5, 0.6) is 0 Å². The average Bonchev–Trinajstić information content (AvgIpc) is 2.15. The number of aliphatic carboxylic acids is 1. The van der Waals surface area contributed by atoms with Gasteiger partial charge in [-0.1, -0.05) is 0 Å². The van der Waals surface area contributed by atoms with Crippen molar-refractivity contribution in [3.63, 3.8) is 0 Å². The van der Waals surface area contributed by atoms with E-state index >= 15 is 0 Å². The molecule has 15 heavy (non-hydrogen) atoms. The van der Waals surface area contributed by atoms with Gasteiger partial charge in [0.05, 0.1) is 0 Å². The minimum atomic E-state index is -0.970. The highest BCUT2D eigenvalue weighted by Gasteiger charge is 2.17. The van der Waals surface area contributed by atoms with E-state index in [4.69, 9.17) is 5.11 Å². The maximum Gasteiger partial charge on any atom is 0.327 e. The van der Waals surface area contributed by atoms with Gasteiger partial charge < -0.3 is 10.4 Å². The SMILES string of the molecule is CSCCCSCC(NC(C)=O)C(=O)O. The molecule has 6 heteroatoms. The van der Waals surface area contributed by atoms with Gasteiger partial charge in [0, 0.05) is 12.7 Å². The Balaban J connectivity index is 3.67. The minimum Gasteiger partial charge on any atom is -0.480 e. The Morgan fingerprint density at radius 3 is 2.53 bits per heavy atom. The van der Waals surface area contributed by atoms with Crippen molar-refractivity contribution in [2.45, 2.75) is 19.4 Å². The number of nitrogens with one attached hydrogen (secondary N) is 1. The van der Waals surface area contributed by atoms with Crippen LogP contribution in [0.4, 0.5) is 0 Å². The summed E-state index contributed by atoms with van der Waals surface area (Å²) in [6.45, 7) is 1.33. The smallest absolute Gasteiger partial charge is 0.327 e. The highest BCUT2D eigenvalue weighted by Crippen LogP contribution is 2.07. The topological polar surface area (TPSA) is 66.4 Å². The third-order valence-corrected chi connectivity index (χ3v) is 3.44. The van der Waals surface area contributed by atoms with Gasteiger partial charge >= 0.3 is 5.97 Å². The summed E-state index contributed by atoms with van der Waals surface area (Å²) >= 11 is 3.34. The zero-order valence-electron chi connectivity index (χ0n) is 8.99. The third-order valence-electron chi connectivity index (χ3n) is 1.60. The van der Waals surface area contributed by atoms with E-state index in [1.807, 2.05) is 6.26 Å². The van der Waals surface area contributed by atoms with Crippen LogP contribution in [-0.2, 0) is 9.59 Å². The fourth-order valence-electron chi connectivity index (χ4n) is 0.927. The van der Waals surface area contributed by atoms with E-state index in [2.05, 4.69) is 5.32 Å². The van der Waals surface area contributed by atoms with Crippen LogP contribution in [0.3, 0.4) is 0 Å². The Kier molecular flexibility index (Phi) is 8.70. The first kappa shape index (κ1) is 14.6. The van der Waals surface area contributed by atoms with Gasteiger partial charge in [0.2, 0.25) is 5.91 Å². The number of hydrogen-bond donors (Lipinski definition) is 2. The summed E-state index contributed by atoms with van der Waals surface area (Å²) in [5, 5.41) is 11.2. The van der Waals surface area contributed by atoms with Crippen molar-refractivity contribution in [2.24, 2.45) is 0 Å². The van der Waals surface area contributed by atoms with Crippen LogP contribution < -0.4 is 5.32 Å². The molecular formula is C9H17NO3S2. The van der Waals surface area contributed by atoms with Crippen LogP contribution in [0.1, 0.15) is 13.3 Å². The molecule has 0 saturated carbocycles. The van der Waals surface area contributed by atoms with E-state index in [0.717, 1.165) is 17.9 Å². The lowest BCUT2D eigenvalue weighted by atomic mass is 10.3.